The second-order valence-electron chi connectivity index (χ2n) is 7.30. The molecule has 0 saturated heterocycles. The Hall–Kier alpha value is -2.71. The Labute approximate surface area is 165 Å². The van der Waals surface area contributed by atoms with E-state index in [1.807, 2.05) is 0 Å². The molecule has 6 nitrogen and oxygen atoms in total. The van der Waals surface area contributed by atoms with E-state index in [9.17, 15) is 27.9 Å². The number of alkyl halides is 3. The van der Waals surface area contributed by atoms with E-state index < -0.39 is 30.0 Å². The van der Waals surface area contributed by atoms with Gasteiger partial charge in [-0.3, -0.25) is 4.79 Å². The van der Waals surface area contributed by atoms with Crippen molar-refractivity contribution in [2.45, 2.75) is 50.9 Å². The number of hydrogen-bond donors (Lipinski definition) is 1. The third kappa shape index (κ3) is 5.88. The first kappa shape index (κ1) is 21.0. The van der Waals surface area contributed by atoms with Gasteiger partial charge in [0, 0.05) is 12.1 Å². The van der Waals surface area contributed by atoms with Gasteiger partial charge in [0.2, 0.25) is 0 Å². The van der Waals surface area contributed by atoms with Crippen molar-refractivity contribution in [2.24, 2.45) is 5.92 Å². The summed E-state index contributed by atoms with van der Waals surface area (Å²) < 4.78 is 46.4. The Balaban J connectivity index is 1.64. The van der Waals surface area contributed by atoms with Crippen molar-refractivity contribution in [3.05, 3.63) is 36.1 Å². The van der Waals surface area contributed by atoms with Gasteiger partial charge in [-0.15, -0.1) is 13.2 Å². The fraction of sp³-hybridized carbons (Fsp3) is 0.500. The van der Waals surface area contributed by atoms with Crippen LogP contribution in [-0.2, 0) is 9.59 Å². The molecule has 0 unspecified atom stereocenters. The molecule has 1 N–H and O–H groups in total. The lowest BCUT2D eigenvalue weighted by molar-refractivity contribution is -0.274. The van der Waals surface area contributed by atoms with Crippen LogP contribution in [0.1, 0.15) is 38.5 Å². The molecule has 1 heterocycles. The van der Waals surface area contributed by atoms with Crippen LogP contribution in [-0.4, -0.2) is 40.8 Å². The third-order valence-corrected chi connectivity index (χ3v) is 5.12. The molecule has 1 aliphatic carbocycles. The van der Waals surface area contributed by atoms with E-state index in [0.717, 1.165) is 44.2 Å². The Morgan fingerprint density at radius 3 is 2.55 bits per heavy atom. The number of amides is 1. The average Bonchev–Trinajstić information content (AvgIpc) is 2.99. The zero-order chi connectivity index (χ0) is 21.0. The molecule has 1 aromatic carbocycles. The van der Waals surface area contributed by atoms with E-state index in [1.165, 1.54) is 23.1 Å². The molecule has 0 radical (unpaired) electrons. The first-order chi connectivity index (χ1) is 13.7. The molecule has 9 heteroatoms. The summed E-state index contributed by atoms with van der Waals surface area (Å²) in [5.41, 5.74) is 0. The van der Waals surface area contributed by atoms with Gasteiger partial charge in [-0.05, 0) is 24.5 Å². The van der Waals surface area contributed by atoms with Gasteiger partial charge in [0.1, 0.15) is 23.3 Å². The summed E-state index contributed by atoms with van der Waals surface area (Å²) in [4.78, 5) is 25.4. The molecule has 29 heavy (non-hydrogen) atoms. The number of rotatable bonds is 7. The number of halogens is 3. The molecule has 3 rings (SSSR count). The third-order valence-electron chi connectivity index (χ3n) is 5.12. The highest BCUT2D eigenvalue weighted by Crippen LogP contribution is 2.31. The number of carboxylic acid groups (broad SMARTS) is 1. The van der Waals surface area contributed by atoms with Gasteiger partial charge in [-0.1, -0.05) is 38.2 Å². The van der Waals surface area contributed by atoms with Crippen LogP contribution in [0.2, 0.25) is 0 Å². The maximum absolute atomic E-state index is 12.4. The monoisotopic (exact) mass is 413 g/mol. The lowest BCUT2D eigenvalue weighted by Gasteiger charge is -2.30. The van der Waals surface area contributed by atoms with Crippen LogP contribution in [0.15, 0.2) is 36.1 Å². The molecule has 1 fully saturated rings. The second-order valence-corrected chi connectivity index (χ2v) is 7.30. The second kappa shape index (κ2) is 8.75. The molecule has 1 atom stereocenters. The largest absolute Gasteiger partial charge is 0.573 e. The van der Waals surface area contributed by atoms with Crippen molar-refractivity contribution in [3.63, 3.8) is 0 Å². The van der Waals surface area contributed by atoms with Crippen molar-refractivity contribution in [3.8, 4) is 11.5 Å². The molecule has 0 spiro atoms. The SMILES string of the molecule is O=C(O)[C@H](CC1CCCCC1)N1CC(Oc2cccc(OC(F)(F)F)c2)=CC1=O. The molecule has 2 aliphatic rings. The summed E-state index contributed by atoms with van der Waals surface area (Å²) in [7, 11) is 0. The summed E-state index contributed by atoms with van der Waals surface area (Å²) in [5, 5.41) is 9.62. The quantitative estimate of drug-likeness (QED) is 0.728. The van der Waals surface area contributed by atoms with E-state index >= 15 is 0 Å². The number of hydrogen-bond acceptors (Lipinski definition) is 4. The van der Waals surface area contributed by atoms with Gasteiger partial charge >= 0.3 is 12.3 Å². The maximum atomic E-state index is 12.4. The van der Waals surface area contributed by atoms with Crippen molar-refractivity contribution >= 4 is 11.9 Å². The van der Waals surface area contributed by atoms with Crippen LogP contribution in [0.25, 0.3) is 0 Å². The molecule has 1 amide bonds. The summed E-state index contributed by atoms with van der Waals surface area (Å²) in [6.45, 7) is -0.0487. The predicted octanol–water partition coefficient (Wildman–Crippen LogP) is 4.11. The Kier molecular flexibility index (Phi) is 6.34. The zero-order valence-electron chi connectivity index (χ0n) is 15.7. The van der Waals surface area contributed by atoms with Crippen molar-refractivity contribution in [2.75, 3.05) is 6.54 Å². The number of carbonyl (C=O) groups excluding carboxylic acids is 1. The van der Waals surface area contributed by atoms with E-state index in [2.05, 4.69) is 4.74 Å². The van der Waals surface area contributed by atoms with Gasteiger partial charge in [0.25, 0.3) is 5.91 Å². The van der Waals surface area contributed by atoms with E-state index in [0.29, 0.717) is 6.42 Å². The summed E-state index contributed by atoms with van der Waals surface area (Å²) >= 11 is 0. The number of carbonyl (C=O) groups is 2. The highest BCUT2D eigenvalue weighted by Gasteiger charge is 2.36. The predicted molar refractivity (Wildman–Crippen MR) is 96.2 cm³/mol. The van der Waals surface area contributed by atoms with Crippen molar-refractivity contribution in [1.29, 1.82) is 0 Å². The van der Waals surface area contributed by atoms with Gasteiger partial charge < -0.3 is 19.5 Å². The normalized spacial score (nSPS) is 19.1. The number of benzene rings is 1. The van der Waals surface area contributed by atoms with Crippen LogP contribution < -0.4 is 9.47 Å². The minimum atomic E-state index is -4.83. The molecular formula is C20H22F3NO5. The van der Waals surface area contributed by atoms with Gasteiger partial charge in [-0.2, -0.15) is 0 Å². The van der Waals surface area contributed by atoms with Crippen LogP contribution in [0.5, 0.6) is 11.5 Å². The highest BCUT2D eigenvalue weighted by molar-refractivity contribution is 5.94. The van der Waals surface area contributed by atoms with Crippen LogP contribution >= 0.6 is 0 Å². The molecule has 1 aromatic rings. The Morgan fingerprint density at radius 1 is 1.21 bits per heavy atom. The lowest BCUT2D eigenvalue weighted by Crippen LogP contribution is -2.44. The first-order valence-corrected chi connectivity index (χ1v) is 9.49. The van der Waals surface area contributed by atoms with Gasteiger partial charge in [0.15, 0.2) is 0 Å². The fourth-order valence-electron chi connectivity index (χ4n) is 3.82. The average molecular weight is 413 g/mol. The van der Waals surface area contributed by atoms with Crippen LogP contribution in [0, 0.1) is 5.92 Å². The lowest BCUT2D eigenvalue weighted by atomic mass is 9.84. The summed E-state index contributed by atoms with van der Waals surface area (Å²) in [6, 6.07) is 3.98. The minimum absolute atomic E-state index is 0.0487. The van der Waals surface area contributed by atoms with E-state index in [-0.39, 0.29) is 24.0 Å². The smallest absolute Gasteiger partial charge is 0.480 e. The molecule has 0 bridgehead atoms. The topological polar surface area (TPSA) is 76.1 Å². The zero-order valence-corrected chi connectivity index (χ0v) is 15.7. The van der Waals surface area contributed by atoms with Crippen molar-refractivity contribution < 1.29 is 37.3 Å². The minimum Gasteiger partial charge on any atom is -0.480 e. The number of aliphatic carboxylic acids is 1. The Bertz CT molecular complexity index is 787. The number of nitrogens with zero attached hydrogens (tertiary/aromatic N) is 1. The van der Waals surface area contributed by atoms with E-state index in [4.69, 9.17) is 4.74 Å². The fourth-order valence-corrected chi connectivity index (χ4v) is 3.82. The summed E-state index contributed by atoms with van der Waals surface area (Å²) in [6.07, 6.45) is 1.91. The standard InChI is InChI=1S/C20H22F3NO5/c21-20(22,23)29-15-8-4-7-14(10-15)28-16-11-18(25)24(12-16)17(19(26)27)9-13-5-2-1-3-6-13/h4,7-8,10-11,13,17H,1-3,5-6,9,12H2,(H,26,27)/t17-/m0/s1. The summed E-state index contributed by atoms with van der Waals surface area (Å²) in [5.74, 6) is -1.50. The molecule has 1 aliphatic heterocycles. The van der Waals surface area contributed by atoms with Crippen molar-refractivity contribution in [1.82, 2.24) is 4.90 Å². The highest BCUT2D eigenvalue weighted by atomic mass is 19.4. The molecule has 1 saturated carbocycles. The van der Waals surface area contributed by atoms with Gasteiger partial charge in [0.05, 0.1) is 6.54 Å². The van der Waals surface area contributed by atoms with E-state index in [1.54, 1.807) is 0 Å². The molecular weight excluding hydrogens is 391 g/mol. The Morgan fingerprint density at radius 2 is 1.90 bits per heavy atom. The maximum Gasteiger partial charge on any atom is 0.573 e. The number of ether oxygens (including phenoxy) is 2. The first-order valence-electron chi connectivity index (χ1n) is 9.49. The molecule has 158 valence electrons. The van der Waals surface area contributed by atoms with Gasteiger partial charge in [-0.25, -0.2) is 4.79 Å². The van der Waals surface area contributed by atoms with Crippen LogP contribution in [0.4, 0.5) is 13.2 Å². The molecule has 0 aromatic heterocycles. The van der Waals surface area contributed by atoms with Crippen LogP contribution in [0.3, 0.4) is 0 Å². The number of carboxylic acids is 1.